The minimum absolute atomic E-state index is 0.00184. The average molecular weight is 599 g/mol. The molecule has 214 valence electrons. The third-order valence-corrected chi connectivity index (χ3v) is 7.53. The number of fused-ring (bicyclic) bond motifs is 1. The van der Waals surface area contributed by atoms with E-state index < -0.39 is 11.5 Å². The number of amides is 1. The Morgan fingerprint density at radius 3 is 2.66 bits per heavy atom. The number of hydrogen-bond donors (Lipinski definition) is 2. The van der Waals surface area contributed by atoms with Crippen molar-refractivity contribution in [3.63, 3.8) is 0 Å². The number of carbonyl (C=O) groups excluding carboxylic acids is 1. The SMILES string of the molecule is C#CCOc1cc(-n2nc3n(c2=O)CCCC3)c(Cl)cc1Cl.CC(C)C1(C)N=C(c2ncccc2C(=O)O)NC1=O. The molecule has 1 aromatic carbocycles. The van der Waals surface area contributed by atoms with Crippen LogP contribution in [0.2, 0.25) is 10.0 Å². The van der Waals surface area contributed by atoms with Crippen LogP contribution in [0.15, 0.2) is 40.2 Å². The van der Waals surface area contributed by atoms with Crippen LogP contribution >= 0.6 is 23.2 Å². The van der Waals surface area contributed by atoms with Gasteiger partial charge in [0.15, 0.2) is 5.84 Å². The van der Waals surface area contributed by atoms with E-state index in [4.69, 9.17) is 39.5 Å². The molecule has 1 atom stereocenters. The second-order valence-electron chi connectivity index (χ2n) is 9.87. The van der Waals surface area contributed by atoms with Gasteiger partial charge in [0.05, 0.1) is 21.3 Å². The van der Waals surface area contributed by atoms with Crippen LogP contribution in [0, 0.1) is 18.3 Å². The maximum Gasteiger partial charge on any atom is 0.350 e. The number of ether oxygens (including phenoxy) is 1. The zero-order valence-electron chi connectivity index (χ0n) is 22.6. The van der Waals surface area contributed by atoms with Crippen LogP contribution in [0.1, 0.15) is 55.5 Å². The number of carboxylic acid groups (broad SMARTS) is 1. The second kappa shape index (κ2) is 12.2. The number of pyridine rings is 1. The summed E-state index contributed by atoms with van der Waals surface area (Å²) in [4.78, 5) is 44.0. The lowest BCUT2D eigenvalue weighted by molar-refractivity contribution is -0.124. The average Bonchev–Trinajstić information content (AvgIpc) is 3.45. The van der Waals surface area contributed by atoms with Crippen molar-refractivity contribution in [2.24, 2.45) is 10.9 Å². The van der Waals surface area contributed by atoms with Gasteiger partial charge in [0.1, 0.15) is 29.4 Å². The fourth-order valence-electron chi connectivity index (χ4n) is 4.28. The van der Waals surface area contributed by atoms with Gasteiger partial charge in [0.25, 0.3) is 5.91 Å². The molecular weight excluding hydrogens is 571 g/mol. The number of terminal acetylenes is 1. The largest absolute Gasteiger partial charge is 0.479 e. The first-order chi connectivity index (χ1) is 19.5. The van der Waals surface area contributed by atoms with Crippen molar-refractivity contribution in [1.82, 2.24) is 24.6 Å². The summed E-state index contributed by atoms with van der Waals surface area (Å²) < 4.78 is 8.34. The molecule has 0 bridgehead atoms. The van der Waals surface area contributed by atoms with Crippen molar-refractivity contribution >= 4 is 40.9 Å². The third-order valence-electron chi connectivity index (χ3n) is 6.93. The fourth-order valence-corrected chi connectivity index (χ4v) is 4.80. The van der Waals surface area contributed by atoms with Crippen LogP contribution in [-0.2, 0) is 17.8 Å². The van der Waals surface area contributed by atoms with Gasteiger partial charge in [-0.1, -0.05) is 43.0 Å². The van der Waals surface area contributed by atoms with Crippen molar-refractivity contribution in [2.45, 2.75) is 52.1 Å². The van der Waals surface area contributed by atoms with Crippen molar-refractivity contribution in [2.75, 3.05) is 6.61 Å². The first kappa shape index (κ1) is 29.8. The number of aromatic carboxylic acids is 1. The minimum Gasteiger partial charge on any atom is -0.479 e. The van der Waals surface area contributed by atoms with Crippen LogP contribution in [-0.4, -0.2) is 54.3 Å². The zero-order chi connectivity index (χ0) is 29.9. The molecule has 2 N–H and O–H groups in total. The molecular formula is C28H28Cl2N6O5. The lowest BCUT2D eigenvalue weighted by atomic mass is 9.89. The maximum absolute atomic E-state index is 12.5. The predicted octanol–water partition coefficient (Wildman–Crippen LogP) is 3.76. The molecule has 1 unspecified atom stereocenters. The van der Waals surface area contributed by atoms with Gasteiger partial charge in [-0.25, -0.2) is 14.6 Å². The Balaban J connectivity index is 0.000000191. The highest BCUT2D eigenvalue weighted by molar-refractivity contribution is 6.36. The number of carbonyl (C=O) groups is 2. The summed E-state index contributed by atoms with van der Waals surface area (Å²) in [6.07, 6.45) is 9.44. The number of hydrogen-bond acceptors (Lipinski definition) is 7. The van der Waals surface area contributed by atoms with Crippen LogP contribution < -0.4 is 15.7 Å². The van der Waals surface area contributed by atoms with E-state index in [-0.39, 0.29) is 41.2 Å². The molecule has 0 fully saturated rings. The molecule has 2 aromatic heterocycles. The number of rotatable bonds is 6. The maximum atomic E-state index is 12.5. The van der Waals surface area contributed by atoms with E-state index in [9.17, 15) is 14.4 Å². The molecule has 0 saturated heterocycles. The second-order valence-corrected chi connectivity index (χ2v) is 10.7. The number of aromatic nitrogens is 4. The number of carboxylic acids is 1. The van der Waals surface area contributed by atoms with E-state index in [1.807, 2.05) is 13.8 Å². The number of aliphatic imine (C=N–C) groups is 1. The third kappa shape index (κ3) is 5.99. The van der Waals surface area contributed by atoms with E-state index in [1.54, 1.807) is 17.6 Å². The van der Waals surface area contributed by atoms with E-state index in [2.05, 4.69) is 26.3 Å². The summed E-state index contributed by atoms with van der Waals surface area (Å²) in [5, 5.41) is 16.8. The van der Waals surface area contributed by atoms with Crippen molar-refractivity contribution < 1.29 is 19.4 Å². The number of amidine groups is 1. The lowest BCUT2D eigenvalue weighted by Gasteiger charge is -2.21. The summed E-state index contributed by atoms with van der Waals surface area (Å²) in [5.74, 6) is 2.40. The summed E-state index contributed by atoms with van der Waals surface area (Å²) in [6, 6.07) is 6.08. The number of nitrogens with one attached hydrogen (secondary N) is 1. The lowest BCUT2D eigenvalue weighted by Crippen LogP contribution is -2.41. The molecule has 0 spiro atoms. The van der Waals surface area contributed by atoms with E-state index in [1.165, 1.54) is 29.1 Å². The first-order valence-electron chi connectivity index (χ1n) is 12.8. The van der Waals surface area contributed by atoms with E-state index in [0.29, 0.717) is 28.0 Å². The molecule has 2 aliphatic rings. The van der Waals surface area contributed by atoms with E-state index >= 15 is 0 Å². The molecule has 41 heavy (non-hydrogen) atoms. The molecule has 1 amide bonds. The number of nitrogens with zero attached hydrogens (tertiary/aromatic N) is 5. The van der Waals surface area contributed by atoms with Gasteiger partial charge >= 0.3 is 11.7 Å². The Morgan fingerprint density at radius 2 is 2.02 bits per heavy atom. The van der Waals surface area contributed by atoms with Gasteiger partial charge in [-0.15, -0.1) is 11.5 Å². The molecule has 3 aromatic rings. The zero-order valence-corrected chi connectivity index (χ0v) is 24.2. The molecule has 11 nitrogen and oxygen atoms in total. The summed E-state index contributed by atoms with van der Waals surface area (Å²) >= 11 is 12.3. The minimum atomic E-state index is -1.10. The fraction of sp³-hybridized carbons (Fsp3) is 0.357. The predicted molar refractivity (Wildman–Crippen MR) is 154 cm³/mol. The van der Waals surface area contributed by atoms with Gasteiger partial charge in [0, 0.05) is 25.2 Å². The molecule has 0 radical (unpaired) electrons. The first-order valence-corrected chi connectivity index (χ1v) is 13.6. The molecule has 0 aliphatic carbocycles. The van der Waals surface area contributed by atoms with Gasteiger partial charge in [0.2, 0.25) is 0 Å². The quantitative estimate of drug-likeness (QED) is 0.411. The topological polar surface area (TPSA) is 141 Å². The van der Waals surface area contributed by atoms with Crippen LogP contribution in [0.5, 0.6) is 5.75 Å². The molecule has 2 aliphatic heterocycles. The molecule has 5 rings (SSSR count). The highest BCUT2D eigenvalue weighted by Gasteiger charge is 2.43. The summed E-state index contributed by atoms with van der Waals surface area (Å²) in [6.45, 7) is 6.27. The highest BCUT2D eigenvalue weighted by Crippen LogP contribution is 2.33. The van der Waals surface area contributed by atoms with Gasteiger partial charge in [-0.3, -0.25) is 14.3 Å². The summed E-state index contributed by atoms with van der Waals surface area (Å²) in [5.41, 5.74) is -0.447. The van der Waals surface area contributed by atoms with E-state index in [0.717, 1.165) is 25.1 Å². The highest BCUT2D eigenvalue weighted by atomic mass is 35.5. The van der Waals surface area contributed by atoms with Gasteiger partial charge < -0.3 is 15.2 Å². The van der Waals surface area contributed by atoms with Crippen molar-refractivity contribution in [3.05, 3.63) is 68.1 Å². The van der Waals surface area contributed by atoms with Crippen molar-refractivity contribution in [3.8, 4) is 23.8 Å². The number of aryl methyl sites for hydroxylation is 1. The van der Waals surface area contributed by atoms with Crippen LogP contribution in [0.25, 0.3) is 5.69 Å². The van der Waals surface area contributed by atoms with Gasteiger partial charge in [-0.2, -0.15) is 4.68 Å². The Kier molecular flexibility index (Phi) is 8.85. The molecule has 0 saturated carbocycles. The Hall–Kier alpha value is -4.14. The Labute approximate surface area is 246 Å². The molecule has 4 heterocycles. The standard InChI is InChI=1S/C15H13Cl2N3O2.C13H15N3O3/c1-2-7-22-13-9-12(10(16)8-11(13)17)20-15(21)19-6-4-3-5-14(19)18-20;1-7(2)13(3)12(19)15-10(16-13)9-8(11(17)18)5-4-6-14-9/h1,8-9H,3-7H2;4-7H,1-3H3,(H,17,18)(H,15,16,19). The Bertz CT molecular complexity index is 1640. The van der Waals surface area contributed by atoms with Crippen LogP contribution in [0.3, 0.4) is 0 Å². The van der Waals surface area contributed by atoms with Gasteiger partial charge in [-0.05, 0) is 43.9 Å². The van der Waals surface area contributed by atoms with Crippen LogP contribution in [0.4, 0.5) is 0 Å². The molecule has 13 heteroatoms. The summed E-state index contributed by atoms with van der Waals surface area (Å²) in [7, 11) is 0. The number of benzene rings is 1. The number of halogens is 2. The monoisotopic (exact) mass is 598 g/mol. The Morgan fingerprint density at radius 1 is 1.27 bits per heavy atom. The normalized spacial score (nSPS) is 17.6. The smallest absolute Gasteiger partial charge is 0.350 e. The van der Waals surface area contributed by atoms with Crippen molar-refractivity contribution in [1.29, 1.82) is 0 Å².